The molecule has 1 fully saturated rings. The van der Waals surface area contributed by atoms with Gasteiger partial charge in [-0.15, -0.1) is 0 Å². The van der Waals surface area contributed by atoms with Crippen LogP contribution < -0.4 is 5.32 Å². The summed E-state index contributed by atoms with van der Waals surface area (Å²) in [7, 11) is 1.57. The number of nitrogens with one attached hydrogen (secondary N) is 1. The van der Waals surface area contributed by atoms with Crippen molar-refractivity contribution in [1.82, 2.24) is 10.2 Å². The second-order valence-corrected chi connectivity index (χ2v) is 6.68. The Hall–Kier alpha value is -2.15. The smallest absolute Gasteiger partial charge is 0.303 e. The molecule has 2 amide bonds. The molecular formula is C17H20ClFN2O4. The fourth-order valence-electron chi connectivity index (χ4n) is 3.02. The molecule has 0 aliphatic carbocycles. The summed E-state index contributed by atoms with van der Waals surface area (Å²) < 4.78 is 13.8. The Labute approximate surface area is 149 Å². The summed E-state index contributed by atoms with van der Waals surface area (Å²) in [5.41, 5.74) is 0.494. The summed E-state index contributed by atoms with van der Waals surface area (Å²) in [5, 5.41) is 11.4. The Bertz CT molecular complexity index is 697. The van der Waals surface area contributed by atoms with Crippen LogP contribution in [-0.4, -0.2) is 40.9 Å². The van der Waals surface area contributed by atoms with Crippen LogP contribution in [-0.2, 0) is 14.4 Å². The summed E-state index contributed by atoms with van der Waals surface area (Å²) in [4.78, 5) is 36.7. The van der Waals surface area contributed by atoms with Crippen LogP contribution in [0, 0.1) is 11.7 Å². The molecule has 1 aromatic rings. The molecule has 1 heterocycles. The van der Waals surface area contributed by atoms with Gasteiger partial charge in [-0.05, 0) is 31.0 Å². The van der Waals surface area contributed by atoms with Crippen LogP contribution in [0.3, 0.4) is 0 Å². The molecule has 0 saturated carbocycles. The van der Waals surface area contributed by atoms with E-state index in [0.29, 0.717) is 5.56 Å². The predicted octanol–water partition coefficient (Wildman–Crippen LogP) is 2.37. The van der Waals surface area contributed by atoms with E-state index in [0.717, 1.165) is 0 Å². The minimum Gasteiger partial charge on any atom is -0.481 e. The van der Waals surface area contributed by atoms with Gasteiger partial charge in [-0.25, -0.2) is 4.39 Å². The maximum atomic E-state index is 13.8. The number of carboxylic acids is 1. The fourth-order valence-corrected chi connectivity index (χ4v) is 3.14. The highest BCUT2D eigenvalue weighted by molar-refractivity contribution is 6.30. The number of carboxylic acid groups (broad SMARTS) is 1. The van der Waals surface area contributed by atoms with Crippen molar-refractivity contribution in [2.45, 2.75) is 38.3 Å². The minimum absolute atomic E-state index is 0.0168. The molecule has 0 radical (unpaired) electrons. The van der Waals surface area contributed by atoms with Crippen molar-refractivity contribution in [3.8, 4) is 0 Å². The molecule has 0 bridgehead atoms. The molecular weight excluding hydrogens is 351 g/mol. The number of rotatable bonds is 6. The zero-order valence-corrected chi connectivity index (χ0v) is 14.7. The summed E-state index contributed by atoms with van der Waals surface area (Å²) in [6.45, 7) is 1.71. The molecule has 25 heavy (non-hydrogen) atoms. The van der Waals surface area contributed by atoms with E-state index in [4.69, 9.17) is 16.7 Å². The van der Waals surface area contributed by atoms with Gasteiger partial charge in [-0.1, -0.05) is 17.7 Å². The molecule has 2 rings (SSSR count). The van der Waals surface area contributed by atoms with E-state index in [1.165, 1.54) is 17.0 Å². The fraction of sp³-hybridized carbons (Fsp3) is 0.471. The van der Waals surface area contributed by atoms with Crippen LogP contribution >= 0.6 is 11.6 Å². The predicted molar refractivity (Wildman–Crippen MR) is 89.5 cm³/mol. The maximum absolute atomic E-state index is 13.8. The molecule has 136 valence electrons. The number of benzene rings is 1. The van der Waals surface area contributed by atoms with Gasteiger partial charge in [0.15, 0.2) is 0 Å². The van der Waals surface area contributed by atoms with Crippen molar-refractivity contribution in [2.75, 3.05) is 7.05 Å². The number of carbonyl (C=O) groups excluding carboxylic acids is 2. The van der Waals surface area contributed by atoms with Crippen molar-refractivity contribution < 1.29 is 23.9 Å². The molecule has 1 aliphatic heterocycles. The zero-order valence-electron chi connectivity index (χ0n) is 14.0. The summed E-state index contributed by atoms with van der Waals surface area (Å²) in [6.07, 6.45) is 0.248. The molecule has 1 saturated heterocycles. The minimum atomic E-state index is -0.939. The van der Waals surface area contributed by atoms with Gasteiger partial charge in [0.1, 0.15) is 5.82 Å². The number of likely N-dealkylation sites (tertiary alicyclic amines) is 1. The maximum Gasteiger partial charge on any atom is 0.303 e. The highest BCUT2D eigenvalue weighted by Gasteiger charge is 2.43. The van der Waals surface area contributed by atoms with E-state index in [1.807, 2.05) is 0 Å². The standard InChI is InChI=1S/C17H20ClFN2O4/c1-9(3-6-15(23)24)20-17(25)11-8-14(22)21(2)16(11)10-4-5-12(18)13(19)7-10/h4-5,7,9,11,16H,3,6,8H2,1-2H3,(H,20,25)(H,23,24). The number of nitrogens with zero attached hydrogens (tertiary/aromatic N) is 1. The van der Waals surface area contributed by atoms with E-state index in [9.17, 15) is 18.8 Å². The third-order valence-electron chi connectivity index (χ3n) is 4.39. The monoisotopic (exact) mass is 370 g/mol. The molecule has 1 aromatic carbocycles. The van der Waals surface area contributed by atoms with Gasteiger partial charge in [0.05, 0.1) is 17.0 Å². The number of hydrogen-bond acceptors (Lipinski definition) is 3. The molecule has 8 heteroatoms. The highest BCUT2D eigenvalue weighted by Crippen LogP contribution is 2.38. The van der Waals surface area contributed by atoms with Crippen molar-refractivity contribution >= 4 is 29.4 Å². The highest BCUT2D eigenvalue weighted by atomic mass is 35.5. The van der Waals surface area contributed by atoms with Crippen molar-refractivity contribution in [3.63, 3.8) is 0 Å². The van der Waals surface area contributed by atoms with Crippen molar-refractivity contribution in [2.24, 2.45) is 5.92 Å². The normalized spacial score (nSPS) is 21.3. The van der Waals surface area contributed by atoms with Gasteiger partial charge in [0.2, 0.25) is 11.8 Å². The Morgan fingerprint density at radius 1 is 1.48 bits per heavy atom. The first-order valence-electron chi connectivity index (χ1n) is 7.93. The van der Waals surface area contributed by atoms with Gasteiger partial charge in [0.25, 0.3) is 0 Å². The second-order valence-electron chi connectivity index (χ2n) is 6.28. The van der Waals surface area contributed by atoms with Gasteiger partial charge in [0, 0.05) is 25.9 Å². The zero-order chi connectivity index (χ0) is 18.7. The molecule has 6 nitrogen and oxygen atoms in total. The third kappa shape index (κ3) is 4.48. The van der Waals surface area contributed by atoms with Gasteiger partial charge in [-0.3, -0.25) is 14.4 Å². The van der Waals surface area contributed by atoms with Crippen molar-refractivity contribution in [3.05, 3.63) is 34.6 Å². The SMILES string of the molecule is CC(CCC(=O)O)NC(=O)C1CC(=O)N(C)C1c1ccc(Cl)c(F)c1. The van der Waals surface area contributed by atoms with Crippen LogP contribution in [0.1, 0.15) is 37.8 Å². The quantitative estimate of drug-likeness (QED) is 0.804. The second kappa shape index (κ2) is 7.82. The van der Waals surface area contributed by atoms with Crippen LogP contribution in [0.4, 0.5) is 4.39 Å². The molecule has 3 atom stereocenters. The first-order chi connectivity index (χ1) is 11.7. The lowest BCUT2D eigenvalue weighted by Gasteiger charge is -2.26. The number of hydrogen-bond donors (Lipinski definition) is 2. The number of carbonyl (C=O) groups is 3. The van der Waals surface area contributed by atoms with Gasteiger partial charge >= 0.3 is 5.97 Å². The average Bonchev–Trinajstić information content (AvgIpc) is 2.84. The lowest BCUT2D eigenvalue weighted by atomic mass is 9.92. The summed E-state index contributed by atoms with van der Waals surface area (Å²) in [6, 6.07) is 3.29. The molecule has 1 aliphatic rings. The third-order valence-corrected chi connectivity index (χ3v) is 4.69. The van der Waals surface area contributed by atoms with Gasteiger partial charge in [-0.2, -0.15) is 0 Å². The topological polar surface area (TPSA) is 86.7 Å². The largest absolute Gasteiger partial charge is 0.481 e. The lowest BCUT2D eigenvalue weighted by molar-refractivity contribution is -0.137. The van der Waals surface area contributed by atoms with E-state index < -0.39 is 23.7 Å². The average molecular weight is 371 g/mol. The molecule has 0 spiro atoms. The van der Waals surface area contributed by atoms with Crippen molar-refractivity contribution in [1.29, 1.82) is 0 Å². The van der Waals surface area contributed by atoms with Crippen LogP contribution in [0.5, 0.6) is 0 Å². The van der Waals surface area contributed by atoms with Gasteiger partial charge < -0.3 is 15.3 Å². The molecule has 0 aromatic heterocycles. The van der Waals surface area contributed by atoms with E-state index in [1.54, 1.807) is 20.0 Å². The molecule has 3 unspecified atom stereocenters. The number of amides is 2. The molecule has 2 N–H and O–H groups in total. The van der Waals surface area contributed by atoms with E-state index in [-0.39, 0.29) is 42.1 Å². The first kappa shape index (κ1) is 19.2. The Kier molecular flexibility index (Phi) is 6.00. The Balaban J connectivity index is 2.16. The summed E-state index contributed by atoms with van der Waals surface area (Å²) in [5.74, 6) is -2.78. The van der Waals surface area contributed by atoms with Crippen LogP contribution in [0.2, 0.25) is 5.02 Å². The first-order valence-corrected chi connectivity index (χ1v) is 8.31. The van der Waals surface area contributed by atoms with Crippen LogP contribution in [0.25, 0.3) is 0 Å². The van der Waals surface area contributed by atoms with Crippen LogP contribution in [0.15, 0.2) is 18.2 Å². The van der Waals surface area contributed by atoms with E-state index >= 15 is 0 Å². The number of halogens is 2. The summed E-state index contributed by atoms with van der Waals surface area (Å²) >= 11 is 5.70. The van der Waals surface area contributed by atoms with E-state index in [2.05, 4.69) is 5.32 Å². The Morgan fingerprint density at radius 3 is 2.76 bits per heavy atom. The Morgan fingerprint density at radius 2 is 2.16 bits per heavy atom. The lowest BCUT2D eigenvalue weighted by Crippen LogP contribution is -2.39. The number of aliphatic carboxylic acids is 1.